The van der Waals surface area contributed by atoms with Crippen LogP contribution in [0.2, 0.25) is 0 Å². The summed E-state index contributed by atoms with van der Waals surface area (Å²) >= 11 is 0. The van der Waals surface area contributed by atoms with Crippen molar-refractivity contribution in [3.8, 4) is 0 Å². The van der Waals surface area contributed by atoms with Crippen LogP contribution in [-0.2, 0) is 0 Å². The van der Waals surface area contributed by atoms with E-state index < -0.39 is 0 Å². The smallest absolute Gasteiger partial charge is 0.0333 e. The van der Waals surface area contributed by atoms with Gasteiger partial charge in [-0.3, -0.25) is 4.98 Å². The van der Waals surface area contributed by atoms with Gasteiger partial charge in [0.05, 0.1) is 0 Å². The van der Waals surface area contributed by atoms with Crippen molar-refractivity contribution in [2.24, 2.45) is 0 Å². The maximum atomic E-state index is 3.96. The van der Waals surface area contributed by atoms with Crippen molar-refractivity contribution < 1.29 is 0 Å². The van der Waals surface area contributed by atoms with Gasteiger partial charge in [-0.05, 0) is 30.7 Å². The highest BCUT2D eigenvalue weighted by molar-refractivity contribution is 5.16. The Morgan fingerprint density at radius 2 is 2.10 bits per heavy atom. The molecule has 1 aliphatic rings. The van der Waals surface area contributed by atoms with E-state index in [4.69, 9.17) is 0 Å². The van der Waals surface area contributed by atoms with E-state index in [-0.39, 0.29) is 0 Å². The SMILES string of the molecule is c1cc([C@H]2CCN2)ccn1. The fourth-order valence-electron chi connectivity index (χ4n) is 1.17. The van der Waals surface area contributed by atoms with Crippen molar-refractivity contribution in [1.29, 1.82) is 0 Å². The molecule has 0 amide bonds. The van der Waals surface area contributed by atoms with Crippen LogP contribution in [0, 0.1) is 0 Å². The molecule has 1 fully saturated rings. The molecule has 2 nitrogen and oxygen atoms in total. The van der Waals surface area contributed by atoms with Crippen LogP contribution in [0.3, 0.4) is 0 Å². The third-order valence-electron chi connectivity index (χ3n) is 1.93. The molecule has 2 heterocycles. The molecule has 1 N–H and O–H groups in total. The quantitative estimate of drug-likeness (QED) is 0.622. The number of hydrogen-bond donors (Lipinski definition) is 1. The molecule has 2 heteroatoms. The first-order chi connectivity index (χ1) is 4.97. The second-order valence-corrected chi connectivity index (χ2v) is 2.58. The lowest BCUT2D eigenvalue weighted by molar-refractivity contribution is 0.383. The molecule has 1 aromatic heterocycles. The number of rotatable bonds is 1. The summed E-state index contributed by atoms with van der Waals surface area (Å²) in [5.74, 6) is 0. The summed E-state index contributed by atoms with van der Waals surface area (Å²) in [7, 11) is 0. The van der Waals surface area contributed by atoms with Gasteiger partial charge in [0.25, 0.3) is 0 Å². The molecule has 0 radical (unpaired) electrons. The lowest BCUT2D eigenvalue weighted by Gasteiger charge is -2.27. The van der Waals surface area contributed by atoms with Gasteiger partial charge in [-0.25, -0.2) is 0 Å². The molecular weight excluding hydrogens is 124 g/mol. The number of aromatic nitrogens is 1. The van der Waals surface area contributed by atoms with E-state index >= 15 is 0 Å². The van der Waals surface area contributed by atoms with Crippen LogP contribution in [0.1, 0.15) is 18.0 Å². The van der Waals surface area contributed by atoms with Crippen LogP contribution in [0.15, 0.2) is 24.5 Å². The Balaban J connectivity index is 2.18. The van der Waals surface area contributed by atoms with Crippen molar-refractivity contribution >= 4 is 0 Å². The van der Waals surface area contributed by atoms with E-state index in [0.717, 1.165) is 6.54 Å². The molecule has 0 saturated carbocycles. The van der Waals surface area contributed by atoms with Crippen molar-refractivity contribution in [1.82, 2.24) is 10.3 Å². The summed E-state index contributed by atoms with van der Waals surface area (Å²) in [5, 5.41) is 3.33. The van der Waals surface area contributed by atoms with Gasteiger partial charge in [0, 0.05) is 18.4 Å². The zero-order valence-electron chi connectivity index (χ0n) is 5.75. The van der Waals surface area contributed by atoms with Crippen molar-refractivity contribution in [3.63, 3.8) is 0 Å². The molecule has 1 atom stereocenters. The Kier molecular flexibility index (Phi) is 1.40. The number of pyridine rings is 1. The number of nitrogens with one attached hydrogen (secondary N) is 1. The largest absolute Gasteiger partial charge is 0.310 e. The summed E-state index contributed by atoms with van der Waals surface area (Å²) in [4.78, 5) is 3.96. The Morgan fingerprint density at radius 1 is 1.40 bits per heavy atom. The molecule has 52 valence electrons. The van der Waals surface area contributed by atoms with Crippen LogP contribution >= 0.6 is 0 Å². The number of nitrogens with zero attached hydrogens (tertiary/aromatic N) is 1. The van der Waals surface area contributed by atoms with E-state index in [1.165, 1.54) is 12.0 Å². The lowest BCUT2D eigenvalue weighted by atomic mass is 9.99. The van der Waals surface area contributed by atoms with Crippen LogP contribution in [0.5, 0.6) is 0 Å². The minimum Gasteiger partial charge on any atom is -0.310 e. The first-order valence-corrected chi connectivity index (χ1v) is 3.60. The van der Waals surface area contributed by atoms with Crippen LogP contribution in [0.25, 0.3) is 0 Å². The maximum Gasteiger partial charge on any atom is 0.0333 e. The topological polar surface area (TPSA) is 24.9 Å². The summed E-state index contributed by atoms with van der Waals surface area (Å²) < 4.78 is 0. The Labute approximate surface area is 60.3 Å². The van der Waals surface area contributed by atoms with Crippen LogP contribution in [-0.4, -0.2) is 11.5 Å². The van der Waals surface area contributed by atoms with Crippen molar-refractivity contribution in [3.05, 3.63) is 30.1 Å². The van der Waals surface area contributed by atoms with Gasteiger partial charge in [0.15, 0.2) is 0 Å². The van der Waals surface area contributed by atoms with Gasteiger partial charge in [-0.15, -0.1) is 0 Å². The number of hydrogen-bond acceptors (Lipinski definition) is 2. The molecule has 0 bridgehead atoms. The predicted octanol–water partition coefficient (Wildman–Crippen LogP) is 1.12. The molecular formula is C8H10N2. The highest BCUT2D eigenvalue weighted by Crippen LogP contribution is 2.20. The van der Waals surface area contributed by atoms with Crippen LogP contribution in [0.4, 0.5) is 0 Å². The van der Waals surface area contributed by atoms with Crippen molar-refractivity contribution in [2.45, 2.75) is 12.5 Å². The van der Waals surface area contributed by atoms with E-state index in [2.05, 4.69) is 22.4 Å². The molecule has 0 unspecified atom stereocenters. The highest BCUT2D eigenvalue weighted by atomic mass is 15.0. The maximum absolute atomic E-state index is 3.96. The zero-order chi connectivity index (χ0) is 6.81. The molecule has 1 aromatic rings. The third-order valence-corrected chi connectivity index (χ3v) is 1.93. The predicted molar refractivity (Wildman–Crippen MR) is 39.6 cm³/mol. The van der Waals surface area contributed by atoms with E-state index in [0.29, 0.717) is 6.04 Å². The van der Waals surface area contributed by atoms with Gasteiger partial charge >= 0.3 is 0 Å². The molecule has 1 aliphatic heterocycles. The summed E-state index contributed by atoms with van der Waals surface area (Å²) in [5.41, 5.74) is 1.36. The third kappa shape index (κ3) is 0.907. The van der Waals surface area contributed by atoms with Gasteiger partial charge in [0.2, 0.25) is 0 Å². The summed E-state index contributed by atoms with van der Waals surface area (Å²) in [6, 6.07) is 4.73. The normalized spacial score (nSPS) is 23.8. The first kappa shape index (κ1) is 5.86. The average Bonchev–Trinajstić information content (AvgIpc) is 1.86. The van der Waals surface area contributed by atoms with Gasteiger partial charge in [0.1, 0.15) is 0 Å². The fourth-order valence-corrected chi connectivity index (χ4v) is 1.17. The highest BCUT2D eigenvalue weighted by Gasteiger charge is 2.17. The van der Waals surface area contributed by atoms with Gasteiger partial charge < -0.3 is 5.32 Å². The standard InChI is InChI=1S/C8H10N2/c1-4-9-5-2-7(1)8-3-6-10-8/h1-2,4-5,8,10H,3,6H2/t8-/m1/s1. The molecule has 1 saturated heterocycles. The van der Waals surface area contributed by atoms with Crippen LogP contribution < -0.4 is 5.32 Å². The Bertz CT molecular complexity index is 204. The van der Waals surface area contributed by atoms with E-state index in [1.807, 2.05) is 12.4 Å². The monoisotopic (exact) mass is 134 g/mol. The minimum absolute atomic E-state index is 0.600. The second kappa shape index (κ2) is 2.39. The van der Waals surface area contributed by atoms with E-state index in [9.17, 15) is 0 Å². The summed E-state index contributed by atoms with van der Waals surface area (Å²) in [6.45, 7) is 1.16. The fraction of sp³-hybridized carbons (Fsp3) is 0.375. The van der Waals surface area contributed by atoms with Crippen molar-refractivity contribution in [2.75, 3.05) is 6.54 Å². The van der Waals surface area contributed by atoms with E-state index in [1.54, 1.807) is 0 Å². The second-order valence-electron chi connectivity index (χ2n) is 2.58. The Morgan fingerprint density at radius 3 is 2.60 bits per heavy atom. The lowest BCUT2D eigenvalue weighted by Crippen LogP contribution is -2.34. The minimum atomic E-state index is 0.600. The zero-order valence-corrected chi connectivity index (χ0v) is 5.75. The molecule has 2 rings (SSSR count). The Hall–Kier alpha value is -0.890. The summed E-state index contributed by atoms with van der Waals surface area (Å²) in [6.07, 6.45) is 4.95. The molecule has 0 aromatic carbocycles. The first-order valence-electron chi connectivity index (χ1n) is 3.60. The average molecular weight is 134 g/mol. The molecule has 10 heavy (non-hydrogen) atoms. The van der Waals surface area contributed by atoms with Gasteiger partial charge in [-0.1, -0.05) is 0 Å². The molecule has 0 spiro atoms. The molecule has 0 aliphatic carbocycles. The van der Waals surface area contributed by atoms with Gasteiger partial charge in [-0.2, -0.15) is 0 Å².